The minimum Gasteiger partial charge on any atom is -0.429 e. The molecule has 1 atom stereocenters. The molecule has 3 aromatic heterocycles. The fraction of sp³-hybridized carbons (Fsp3) is 0.429. The third kappa shape index (κ3) is 21.6. The van der Waals surface area contributed by atoms with Crippen molar-refractivity contribution in [3.8, 4) is 0 Å². The Balaban J connectivity index is -0.000000502. The average molecular weight is 864 g/mol. The van der Waals surface area contributed by atoms with Gasteiger partial charge in [0.2, 0.25) is 5.63 Å². The number of aryl methyl sites for hydroxylation is 1. The Morgan fingerprint density at radius 2 is 1.25 bits per heavy atom. The van der Waals surface area contributed by atoms with Gasteiger partial charge in [-0.05, 0) is 8.93 Å². The third-order valence-corrected chi connectivity index (χ3v) is 9.41. The fourth-order valence-electron chi connectivity index (χ4n) is 1.37. The van der Waals surface area contributed by atoms with Gasteiger partial charge < -0.3 is 12.8 Å². The first kappa shape index (κ1) is 44.0. The van der Waals surface area contributed by atoms with Crippen LogP contribution in [0.4, 0.5) is 30.7 Å². The van der Waals surface area contributed by atoms with E-state index >= 15 is 0 Å². The van der Waals surface area contributed by atoms with Crippen LogP contribution in [0.25, 0.3) is 8.25 Å². The molecule has 0 radical (unpaired) electrons. The highest BCUT2D eigenvalue weighted by Gasteiger charge is 2.40. The second-order valence-corrected chi connectivity index (χ2v) is 15.8. The minimum atomic E-state index is -5.92. The third-order valence-electron chi connectivity index (χ3n) is 2.85. The van der Waals surface area contributed by atoms with Crippen molar-refractivity contribution in [2.75, 3.05) is 12.5 Å². The number of rotatable bonds is 6. The van der Waals surface area contributed by atoms with E-state index in [1.807, 2.05) is 39.0 Å². The van der Waals surface area contributed by atoms with E-state index in [0.717, 1.165) is 8.93 Å². The van der Waals surface area contributed by atoms with Gasteiger partial charge in [-0.2, -0.15) is 31.4 Å². The first-order chi connectivity index (χ1) is 19.7. The summed E-state index contributed by atoms with van der Waals surface area (Å²) in [5.74, 6) is 0. The van der Waals surface area contributed by atoms with Crippen LogP contribution in [-0.4, -0.2) is 91.5 Å². The molecule has 0 aromatic carbocycles. The molecular weight excluding hydrogens is 842 g/mol. The van der Waals surface area contributed by atoms with Gasteiger partial charge in [-0.15, -0.1) is 0 Å². The highest BCUT2D eigenvalue weighted by molar-refractivity contribution is 14.2. The lowest BCUT2D eigenvalue weighted by Gasteiger charge is -2.19. The number of sulfonamides is 4. The Morgan fingerprint density at radius 3 is 1.41 bits per heavy atom. The molecule has 0 aliphatic rings. The summed E-state index contributed by atoms with van der Waals surface area (Å²) in [7, 11) is -17.9. The van der Waals surface area contributed by atoms with Gasteiger partial charge in [-0.1, -0.05) is 0 Å². The highest BCUT2D eigenvalue weighted by Crippen LogP contribution is 2.30. The van der Waals surface area contributed by atoms with E-state index in [0.29, 0.717) is 0 Å². The van der Waals surface area contributed by atoms with Gasteiger partial charge in [0.1, 0.15) is 12.7 Å². The number of nitrogens with one attached hydrogen (secondary N) is 1. The second kappa shape index (κ2) is 18.7. The van der Waals surface area contributed by atoms with Crippen LogP contribution >= 0.6 is 30.1 Å². The summed E-state index contributed by atoms with van der Waals surface area (Å²) in [5, 5.41) is 5.99. The van der Waals surface area contributed by atoms with Gasteiger partial charge >= 0.3 is 11.0 Å². The van der Waals surface area contributed by atoms with Gasteiger partial charge in [0.25, 0.3) is 0 Å². The van der Waals surface area contributed by atoms with Crippen LogP contribution in [0.2, 0.25) is 0 Å². The quantitative estimate of drug-likeness (QED) is 0.277. The number of aromatic nitrogens is 7. The summed E-state index contributed by atoms with van der Waals surface area (Å²) in [6.45, 7) is 0. The van der Waals surface area contributed by atoms with Crippen molar-refractivity contribution >= 4 is 70.2 Å². The lowest BCUT2D eigenvalue weighted by Crippen LogP contribution is -2.23. The van der Waals surface area contributed by atoms with E-state index in [2.05, 4.69) is 25.1 Å². The molecule has 0 aliphatic heterocycles. The lowest BCUT2D eigenvalue weighted by atomic mass is 10.9. The molecule has 1 N–H and O–H groups in total. The van der Waals surface area contributed by atoms with Crippen LogP contribution in [0.15, 0.2) is 50.1 Å². The van der Waals surface area contributed by atoms with Crippen molar-refractivity contribution < 1.29 is 65.8 Å². The largest absolute Gasteiger partial charge is 0.480 e. The van der Waals surface area contributed by atoms with Crippen molar-refractivity contribution in [1.29, 1.82) is 0 Å². The summed E-state index contributed by atoms with van der Waals surface area (Å²) in [6, 6.07) is 0. The SMILES string of the molecule is CS(=O)(=O)[N-]S(=O)(=O)C(F)(F)F.CS(=O)(=O)[N-]S(=O)(=O)C(F)(F)F.Cn1ccnc1.FC(SI)n1ccnc1.[HH].c1nc[nH]n1. The highest BCUT2D eigenvalue weighted by atomic mass is 127. The van der Waals surface area contributed by atoms with Crippen molar-refractivity contribution in [2.45, 2.75) is 16.6 Å². The summed E-state index contributed by atoms with van der Waals surface area (Å²) < 4.78 is 168. The number of H-pyrrole nitrogens is 1. The fourth-order valence-corrected chi connectivity index (χ4v) is 5.90. The Labute approximate surface area is 263 Å². The zero-order valence-corrected chi connectivity index (χ0v) is 27.8. The second-order valence-electron chi connectivity index (χ2n) is 6.73. The van der Waals surface area contributed by atoms with Crippen molar-refractivity contribution in [1.82, 2.24) is 34.3 Å². The molecule has 44 heavy (non-hydrogen) atoms. The summed E-state index contributed by atoms with van der Waals surface area (Å²) in [6.07, 6.45) is 13.4. The predicted molar refractivity (Wildman–Crippen MR) is 152 cm³/mol. The van der Waals surface area contributed by atoms with Crippen molar-refractivity contribution in [2.24, 2.45) is 7.05 Å². The smallest absolute Gasteiger partial charge is 0.429 e. The molecule has 258 valence electrons. The Morgan fingerprint density at radius 1 is 0.818 bits per heavy atom. The number of hydrogen-bond acceptors (Lipinski definition) is 13. The Hall–Kier alpha value is -2.13. The average Bonchev–Trinajstić information content (AvgIpc) is 3.60. The van der Waals surface area contributed by atoms with E-state index in [-0.39, 0.29) is 13.9 Å². The van der Waals surface area contributed by atoms with E-state index in [4.69, 9.17) is 0 Å². The van der Waals surface area contributed by atoms with E-state index < -0.39 is 56.7 Å². The van der Waals surface area contributed by atoms with Crippen LogP contribution in [0, 0.1) is 0 Å². The van der Waals surface area contributed by atoms with Crippen LogP contribution in [0.5, 0.6) is 0 Å². The molecule has 3 rings (SSSR count). The van der Waals surface area contributed by atoms with Gasteiger partial charge in [0, 0.05) is 67.0 Å². The molecule has 3 heterocycles. The van der Waals surface area contributed by atoms with Crippen molar-refractivity contribution in [3.05, 3.63) is 58.4 Å². The predicted octanol–water partition coefficient (Wildman–Crippen LogP) is 3.20. The van der Waals surface area contributed by atoms with Gasteiger partial charge in [-0.25, -0.2) is 53.0 Å². The molecule has 0 aliphatic carbocycles. The van der Waals surface area contributed by atoms with Crippen LogP contribution in [0.3, 0.4) is 0 Å². The molecule has 0 fully saturated rings. The lowest BCUT2D eigenvalue weighted by molar-refractivity contribution is -0.0431. The molecular formula is C14H21F7IN9O8S5-2. The first-order valence-corrected chi connectivity index (χ1v) is 19.8. The maximum absolute atomic E-state index is 12.6. The summed E-state index contributed by atoms with van der Waals surface area (Å²) >= 11 is 1.91. The standard InChI is InChI=1S/C4H4FIN2S.C4H6N2.2C2H3F3NO4S2.C2H3N3.H2/c5-4(9-6)8-2-1-7-3-8;1-6-3-2-5-4-6;2*1-11(7,8)6-12(9,10)2(3,4)5;1-3-2-5-4-1;/h1-4H;2-4H,1H3;2*1H3;1-2H,(H,3,4,5);1H/q;;2*-1;;. The zero-order chi connectivity index (χ0) is 35.0. The molecule has 0 bridgehead atoms. The number of aromatic amines is 1. The maximum Gasteiger partial charge on any atom is 0.480 e. The van der Waals surface area contributed by atoms with Crippen LogP contribution < -0.4 is 0 Å². The zero-order valence-electron chi connectivity index (χ0n) is 21.6. The molecule has 30 heteroatoms. The van der Waals surface area contributed by atoms with E-state index in [1.165, 1.54) is 23.5 Å². The molecule has 3 aromatic rings. The number of halogens is 8. The van der Waals surface area contributed by atoms with Crippen LogP contribution in [0.1, 0.15) is 7.05 Å². The molecule has 1 unspecified atom stereocenters. The number of hydrogen-bond donors (Lipinski definition) is 1. The Bertz CT molecular complexity index is 1530. The summed E-state index contributed by atoms with van der Waals surface area (Å²) in [4.78, 5) is 11.0. The first-order valence-electron chi connectivity index (χ1n) is 9.76. The minimum absolute atomic E-state index is 0. The van der Waals surface area contributed by atoms with E-state index in [1.54, 1.807) is 33.2 Å². The topological polar surface area (TPSA) is 242 Å². The van der Waals surface area contributed by atoms with Crippen LogP contribution in [-0.2, 0) is 47.1 Å². The van der Waals surface area contributed by atoms with Gasteiger partial charge in [0.15, 0.2) is 20.0 Å². The Kier molecular flexibility index (Phi) is 18.7. The number of nitrogens with zero attached hydrogens (tertiary/aromatic N) is 8. The molecule has 17 nitrogen and oxygen atoms in total. The van der Waals surface area contributed by atoms with Gasteiger partial charge in [-0.3, -0.25) is 9.67 Å². The van der Waals surface area contributed by atoms with Gasteiger partial charge in [0.05, 0.1) is 32.7 Å². The van der Waals surface area contributed by atoms with E-state index in [9.17, 15) is 64.4 Å². The monoisotopic (exact) mass is 863 g/mol. The molecule has 0 amide bonds. The molecule has 0 spiro atoms. The maximum atomic E-state index is 12.6. The molecule has 0 saturated carbocycles. The van der Waals surface area contributed by atoms with Crippen molar-refractivity contribution in [3.63, 3.8) is 0 Å². The molecule has 0 saturated heterocycles. The number of alkyl halides is 7. The summed E-state index contributed by atoms with van der Waals surface area (Å²) in [5.41, 5.74) is -12.3. The number of imidazole rings is 2. The normalized spacial score (nSPS) is 12.9.